The lowest BCUT2D eigenvalue weighted by Gasteiger charge is -1.93. The number of nitrogens with zero attached hydrogens (tertiary/aromatic N) is 4. The number of carbonyl (C=O) groups is 1. The molecule has 1 N–H and O–H groups in total. The van der Waals surface area contributed by atoms with Gasteiger partial charge < -0.3 is 4.42 Å². The molecule has 0 fully saturated rings. The van der Waals surface area contributed by atoms with Crippen LogP contribution in [-0.4, -0.2) is 25.9 Å². The van der Waals surface area contributed by atoms with Gasteiger partial charge in [0.1, 0.15) is 5.69 Å². The summed E-state index contributed by atoms with van der Waals surface area (Å²) >= 11 is 1.55. The molecule has 0 bridgehead atoms. The molecule has 0 aliphatic rings. The average molecular weight is 315 g/mol. The molecule has 22 heavy (non-hydrogen) atoms. The molecule has 3 aromatic rings. The molecule has 1 amide bonds. The average Bonchev–Trinajstić information content (AvgIpc) is 3.20. The number of aromatic nitrogens is 4. The van der Waals surface area contributed by atoms with Crippen molar-refractivity contribution < 1.29 is 9.21 Å². The van der Waals surface area contributed by atoms with Crippen molar-refractivity contribution in [2.24, 2.45) is 7.05 Å². The Kier molecular flexibility index (Phi) is 3.84. The largest absolute Gasteiger partial charge is 0.401 e. The zero-order valence-corrected chi connectivity index (χ0v) is 12.8. The number of nitrogens with one attached hydrogen (secondary N) is 1. The van der Waals surface area contributed by atoms with Crippen LogP contribution in [0.25, 0.3) is 17.7 Å². The van der Waals surface area contributed by atoms with Crippen LogP contribution < -0.4 is 5.32 Å². The molecule has 3 rings (SSSR count). The second kappa shape index (κ2) is 5.94. The maximum absolute atomic E-state index is 11.8. The summed E-state index contributed by atoms with van der Waals surface area (Å²) < 4.78 is 7.09. The standard InChI is InChI=1S/C14H13N5O2S/c1-9-8-11(18-19(9)2)13-16-17-14(21-13)15-12(20)6-5-10-4-3-7-22-10/h3-8H,1-2H3,(H,15,17,20). The monoisotopic (exact) mass is 315 g/mol. The van der Waals surface area contributed by atoms with E-state index in [1.165, 1.54) is 6.08 Å². The fourth-order valence-corrected chi connectivity index (χ4v) is 2.35. The fourth-order valence-electron chi connectivity index (χ4n) is 1.73. The van der Waals surface area contributed by atoms with Gasteiger partial charge in [-0.15, -0.1) is 16.4 Å². The lowest BCUT2D eigenvalue weighted by Crippen LogP contribution is -2.07. The van der Waals surface area contributed by atoms with E-state index in [9.17, 15) is 4.79 Å². The van der Waals surface area contributed by atoms with Crippen molar-refractivity contribution >= 4 is 29.3 Å². The van der Waals surface area contributed by atoms with Crippen LogP contribution in [-0.2, 0) is 11.8 Å². The van der Waals surface area contributed by atoms with Gasteiger partial charge in [-0.1, -0.05) is 11.2 Å². The minimum atomic E-state index is -0.333. The summed E-state index contributed by atoms with van der Waals surface area (Å²) in [7, 11) is 1.83. The highest BCUT2D eigenvalue weighted by Gasteiger charge is 2.13. The lowest BCUT2D eigenvalue weighted by molar-refractivity contribution is -0.112. The summed E-state index contributed by atoms with van der Waals surface area (Å²) in [6, 6.07) is 5.71. The summed E-state index contributed by atoms with van der Waals surface area (Å²) in [6.45, 7) is 1.92. The molecule has 0 saturated carbocycles. The number of thiophene rings is 1. The quantitative estimate of drug-likeness (QED) is 0.748. The Morgan fingerprint density at radius 1 is 1.45 bits per heavy atom. The number of amides is 1. The summed E-state index contributed by atoms with van der Waals surface area (Å²) in [5.74, 6) is -0.0676. The first-order valence-corrected chi connectivity index (χ1v) is 7.37. The van der Waals surface area contributed by atoms with Gasteiger partial charge in [0.25, 0.3) is 11.8 Å². The van der Waals surface area contributed by atoms with E-state index in [0.29, 0.717) is 5.69 Å². The highest BCUT2D eigenvalue weighted by molar-refractivity contribution is 7.10. The zero-order valence-electron chi connectivity index (χ0n) is 12.0. The van der Waals surface area contributed by atoms with E-state index in [-0.39, 0.29) is 17.8 Å². The highest BCUT2D eigenvalue weighted by Crippen LogP contribution is 2.19. The van der Waals surface area contributed by atoms with Crippen molar-refractivity contribution in [3.63, 3.8) is 0 Å². The minimum absolute atomic E-state index is 0.0409. The van der Waals surface area contributed by atoms with E-state index < -0.39 is 0 Å². The van der Waals surface area contributed by atoms with Gasteiger partial charge in [0.15, 0.2) is 0 Å². The number of hydrogen-bond acceptors (Lipinski definition) is 6. The Balaban J connectivity index is 1.67. The first-order chi connectivity index (χ1) is 10.6. The van der Waals surface area contributed by atoms with Crippen molar-refractivity contribution in [1.82, 2.24) is 20.0 Å². The number of rotatable bonds is 4. The van der Waals surface area contributed by atoms with Crippen LogP contribution in [0.2, 0.25) is 0 Å². The van der Waals surface area contributed by atoms with Gasteiger partial charge in [-0.25, -0.2) is 0 Å². The van der Waals surface area contributed by atoms with Crippen LogP contribution in [0.1, 0.15) is 10.6 Å². The van der Waals surface area contributed by atoms with E-state index in [0.717, 1.165) is 10.6 Å². The first kappa shape index (κ1) is 14.2. The maximum atomic E-state index is 11.8. The highest BCUT2D eigenvalue weighted by atomic mass is 32.1. The van der Waals surface area contributed by atoms with Crippen LogP contribution >= 0.6 is 11.3 Å². The predicted octanol–water partition coefficient (Wildman–Crippen LogP) is 2.49. The minimum Gasteiger partial charge on any atom is -0.401 e. The van der Waals surface area contributed by atoms with Gasteiger partial charge in [0.2, 0.25) is 0 Å². The van der Waals surface area contributed by atoms with E-state index in [2.05, 4.69) is 20.6 Å². The van der Waals surface area contributed by atoms with E-state index >= 15 is 0 Å². The SMILES string of the molecule is Cc1cc(-c2nnc(NC(=O)C=Cc3cccs3)o2)nn1C. The third-order valence-corrected chi connectivity index (χ3v) is 3.77. The topological polar surface area (TPSA) is 85.8 Å². The van der Waals surface area contributed by atoms with E-state index in [1.54, 1.807) is 22.1 Å². The Bertz CT molecular complexity index is 797. The van der Waals surface area contributed by atoms with Crippen molar-refractivity contribution in [3.8, 4) is 11.6 Å². The molecule has 0 atom stereocenters. The van der Waals surface area contributed by atoms with Crippen LogP contribution in [0.15, 0.2) is 34.1 Å². The molecular weight excluding hydrogens is 302 g/mol. The Morgan fingerprint density at radius 2 is 2.32 bits per heavy atom. The summed E-state index contributed by atoms with van der Waals surface area (Å²) in [5, 5.41) is 16.4. The number of aryl methyl sites for hydroxylation is 2. The molecule has 7 nitrogen and oxygen atoms in total. The van der Waals surface area contributed by atoms with Gasteiger partial charge in [-0.05, 0) is 30.5 Å². The van der Waals surface area contributed by atoms with Crippen molar-refractivity contribution in [3.05, 3.63) is 40.2 Å². The molecule has 0 unspecified atom stereocenters. The molecule has 112 valence electrons. The number of hydrogen-bond donors (Lipinski definition) is 1. The van der Waals surface area contributed by atoms with Gasteiger partial charge in [0.05, 0.1) is 0 Å². The second-order valence-electron chi connectivity index (χ2n) is 4.54. The molecule has 3 aromatic heterocycles. The molecular formula is C14H13N5O2S. The maximum Gasteiger partial charge on any atom is 0.322 e. The summed E-state index contributed by atoms with van der Waals surface area (Å²) in [6.07, 6.45) is 3.14. The van der Waals surface area contributed by atoms with Gasteiger partial charge >= 0.3 is 6.01 Å². The Hall–Kier alpha value is -2.74. The lowest BCUT2D eigenvalue weighted by atomic mass is 10.4. The third kappa shape index (κ3) is 3.12. The zero-order chi connectivity index (χ0) is 15.5. The van der Waals surface area contributed by atoms with Gasteiger partial charge in [-0.2, -0.15) is 5.10 Å². The van der Waals surface area contributed by atoms with Gasteiger partial charge in [0, 0.05) is 23.7 Å². The summed E-state index contributed by atoms with van der Waals surface area (Å²) in [4.78, 5) is 12.8. The predicted molar refractivity (Wildman–Crippen MR) is 83.2 cm³/mol. The first-order valence-electron chi connectivity index (χ1n) is 6.49. The third-order valence-electron chi connectivity index (χ3n) is 2.93. The second-order valence-corrected chi connectivity index (χ2v) is 5.52. The van der Waals surface area contributed by atoms with Crippen molar-refractivity contribution in [2.75, 3.05) is 5.32 Å². The van der Waals surface area contributed by atoms with Crippen LogP contribution in [0.4, 0.5) is 6.01 Å². The molecule has 8 heteroatoms. The van der Waals surface area contributed by atoms with Crippen LogP contribution in [0, 0.1) is 6.92 Å². The van der Waals surface area contributed by atoms with Crippen LogP contribution in [0.3, 0.4) is 0 Å². The Labute approximate surface area is 130 Å². The van der Waals surface area contributed by atoms with Crippen LogP contribution in [0.5, 0.6) is 0 Å². The molecule has 0 spiro atoms. The Morgan fingerprint density at radius 3 is 3.00 bits per heavy atom. The molecule has 0 aromatic carbocycles. The molecule has 0 aliphatic carbocycles. The molecule has 3 heterocycles. The van der Waals surface area contributed by atoms with Crippen molar-refractivity contribution in [2.45, 2.75) is 6.92 Å². The normalized spacial score (nSPS) is 11.2. The van der Waals surface area contributed by atoms with Crippen molar-refractivity contribution in [1.29, 1.82) is 0 Å². The summed E-state index contributed by atoms with van der Waals surface area (Å²) in [5.41, 5.74) is 1.54. The fraction of sp³-hybridized carbons (Fsp3) is 0.143. The molecule has 0 aliphatic heterocycles. The smallest absolute Gasteiger partial charge is 0.322 e. The molecule has 0 saturated heterocycles. The number of anilines is 1. The molecule has 0 radical (unpaired) electrons. The van der Waals surface area contributed by atoms with E-state index in [1.807, 2.05) is 37.6 Å². The van der Waals surface area contributed by atoms with E-state index in [4.69, 9.17) is 4.42 Å². The number of carbonyl (C=O) groups excluding carboxylic acids is 1. The van der Waals surface area contributed by atoms with Gasteiger partial charge in [-0.3, -0.25) is 14.8 Å².